The Kier molecular flexibility index (Phi) is 5.18. The number of hydrogen-bond donors (Lipinski definition) is 1. The summed E-state index contributed by atoms with van der Waals surface area (Å²) in [7, 11) is 0. The van der Waals surface area contributed by atoms with Gasteiger partial charge in [-0.3, -0.25) is 9.20 Å². The third-order valence-electron chi connectivity index (χ3n) is 6.94. The summed E-state index contributed by atoms with van der Waals surface area (Å²) in [4.78, 5) is 27.1. The number of nitrogens with zero attached hydrogens (tertiary/aromatic N) is 7. The average Bonchev–Trinajstić information content (AvgIpc) is 3.53. The zero-order chi connectivity index (χ0) is 23.4. The van der Waals surface area contributed by atoms with Crippen molar-refractivity contribution in [3.63, 3.8) is 0 Å². The van der Waals surface area contributed by atoms with Crippen LogP contribution in [0.5, 0.6) is 0 Å². The highest BCUT2D eigenvalue weighted by Crippen LogP contribution is 2.34. The molecule has 1 amide bonds. The number of halogens is 1. The number of anilines is 1. The number of hydrogen-bond acceptors (Lipinski definition) is 6. The minimum atomic E-state index is -0.141. The van der Waals surface area contributed by atoms with Crippen molar-refractivity contribution in [3.8, 4) is 0 Å². The van der Waals surface area contributed by atoms with Gasteiger partial charge in [-0.05, 0) is 44.7 Å². The summed E-state index contributed by atoms with van der Waals surface area (Å²) in [5, 5.41) is 5.06. The van der Waals surface area contributed by atoms with E-state index < -0.39 is 0 Å². The SMILES string of the molecule is Cc1cn2nc(C3CCCCN3C(=O)c3c(Cl)nc4ccccn34)cc2nc1N1CCC(N)C1. The van der Waals surface area contributed by atoms with Gasteiger partial charge in [-0.25, -0.2) is 14.5 Å². The van der Waals surface area contributed by atoms with E-state index in [1.165, 1.54) is 0 Å². The molecule has 0 aliphatic carbocycles. The lowest BCUT2D eigenvalue weighted by molar-refractivity contribution is 0.0598. The van der Waals surface area contributed by atoms with E-state index >= 15 is 0 Å². The van der Waals surface area contributed by atoms with Gasteiger partial charge in [-0.15, -0.1) is 0 Å². The zero-order valence-electron chi connectivity index (χ0n) is 19.1. The predicted octanol–water partition coefficient (Wildman–Crippen LogP) is 3.24. The molecule has 10 heteroatoms. The van der Waals surface area contributed by atoms with E-state index in [0.717, 1.165) is 61.5 Å². The molecule has 6 rings (SSSR count). The van der Waals surface area contributed by atoms with E-state index in [-0.39, 0.29) is 23.1 Å². The van der Waals surface area contributed by atoms with Crippen molar-refractivity contribution < 1.29 is 4.79 Å². The van der Waals surface area contributed by atoms with Crippen molar-refractivity contribution in [1.82, 2.24) is 28.9 Å². The molecule has 2 aliphatic heterocycles. The molecule has 176 valence electrons. The molecule has 0 spiro atoms. The topological polar surface area (TPSA) is 97.1 Å². The second-order valence-electron chi connectivity index (χ2n) is 9.30. The van der Waals surface area contributed by atoms with Crippen LogP contribution in [0.4, 0.5) is 5.82 Å². The minimum absolute atomic E-state index is 0.124. The summed E-state index contributed by atoms with van der Waals surface area (Å²) in [5.41, 5.74) is 9.86. The molecule has 0 saturated carbocycles. The fourth-order valence-electron chi connectivity index (χ4n) is 5.26. The highest BCUT2D eigenvalue weighted by Gasteiger charge is 2.33. The maximum atomic E-state index is 13.7. The minimum Gasteiger partial charge on any atom is -0.355 e. The van der Waals surface area contributed by atoms with Gasteiger partial charge in [0.1, 0.15) is 11.5 Å². The summed E-state index contributed by atoms with van der Waals surface area (Å²) in [6, 6.07) is 7.65. The van der Waals surface area contributed by atoms with Crippen LogP contribution in [0, 0.1) is 6.92 Å². The van der Waals surface area contributed by atoms with Crippen molar-refractivity contribution >= 4 is 34.6 Å². The van der Waals surface area contributed by atoms with Gasteiger partial charge in [0, 0.05) is 49.7 Å². The number of carbonyl (C=O) groups is 1. The summed E-state index contributed by atoms with van der Waals surface area (Å²) >= 11 is 6.42. The number of fused-ring (bicyclic) bond motifs is 2. The monoisotopic (exact) mass is 478 g/mol. The van der Waals surface area contributed by atoms with Crippen molar-refractivity contribution in [3.05, 3.63) is 58.8 Å². The van der Waals surface area contributed by atoms with Crippen LogP contribution < -0.4 is 10.6 Å². The van der Waals surface area contributed by atoms with E-state index in [2.05, 4.69) is 16.8 Å². The van der Waals surface area contributed by atoms with Gasteiger partial charge < -0.3 is 15.5 Å². The van der Waals surface area contributed by atoms with Gasteiger partial charge in [0.05, 0.1) is 11.7 Å². The molecule has 6 heterocycles. The largest absolute Gasteiger partial charge is 0.355 e. The smallest absolute Gasteiger partial charge is 0.274 e. The highest BCUT2D eigenvalue weighted by molar-refractivity contribution is 6.32. The first-order chi connectivity index (χ1) is 16.5. The summed E-state index contributed by atoms with van der Waals surface area (Å²) < 4.78 is 3.58. The van der Waals surface area contributed by atoms with Crippen LogP contribution in [0.2, 0.25) is 5.15 Å². The number of imidazole rings is 1. The van der Waals surface area contributed by atoms with Crippen LogP contribution in [0.3, 0.4) is 0 Å². The maximum Gasteiger partial charge on any atom is 0.274 e. The Balaban J connectivity index is 1.36. The fraction of sp³-hybridized carbons (Fsp3) is 0.417. The number of rotatable bonds is 3. The zero-order valence-corrected chi connectivity index (χ0v) is 19.8. The number of piperidine rings is 1. The second-order valence-corrected chi connectivity index (χ2v) is 9.66. The first-order valence-corrected chi connectivity index (χ1v) is 12.2. The summed E-state index contributed by atoms with van der Waals surface area (Å²) in [6.07, 6.45) is 7.64. The van der Waals surface area contributed by atoms with Gasteiger partial charge in [0.2, 0.25) is 0 Å². The third-order valence-corrected chi connectivity index (χ3v) is 7.21. The van der Waals surface area contributed by atoms with E-state index in [1.807, 2.05) is 46.1 Å². The molecule has 0 bridgehead atoms. The number of likely N-dealkylation sites (tertiary alicyclic amines) is 1. The van der Waals surface area contributed by atoms with Crippen molar-refractivity contribution in [1.29, 1.82) is 0 Å². The van der Waals surface area contributed by atoms with Gasteiger partial charge in [0.25, 0.3) is 5.91 Å². The Labute approximate surface area is 202 Å². The Morgan fingerprint density at radius 1 is 1.15 bits per heavy atom. The first-order valence-electron chi connectivity index (χ1n) is 11.8. The van der Waals surface area contributed by atoms with E-state index in [0.29, 0.717) is 17.9 Å². The molecule has 2 fully saturated rings. The molecule has 2 aliphatic rings. The van der Waals surface area contributed by atoms with Gasteiger partial charge in [-0.2, -0.15) is 5.10 Å². The molecule has 2 atom stereocenters. The van der Waals surface area contributed by atoms with Gasteiger partial charge in [0.15, 0.2) is 16.5 Å². The van der Waals surface area contributed by atoms with E-state index in [9.17, 15) is 4.79 Å². The standard InChI is InChI=1S/C24H27ClN8O/c1-15-13-33-20(28-23(15)30-11-8-16(26)14-30)12-17(29-33)18-6-2-4-9-31(18)24(34)21-22(25)27-19-7-3-5-10-32(19)21/h3,5,7,10,12-13,16,18H,2,4,6,8-9,11,14,26H2,1H3. The lowest BCUT2D eigenvalue weighted by atomic mass is 9.99. The number of aryl methyl sites for hydroxylation is 1. The quantitative estimate of drug-likeness (QED) is 0.485. The lowest BCUT2D eigenvalue weighted by Crippen LogP contribution is -2.39. The predicted molar refractivity (Wildman–Crippen MR) is 130 cm³/mol. The van der Waals surface area contributed by atoms with Crippen LogP contribution in [0.15, 0.2) is 36.7 Å². The van der Waals surface area contributed by atoms with Crippen LogP contribution in [0.25, 0.3) is 11.3 Å². The Morgan fingerprint density at radius 2 is 2.03 bits per heavy atom. The van der Waals surface area contributed by atoms with Crippen molar-refractivity contribution in [2.24, 2.45) is 5.73 Å². The highest BCUT2D eigenvalue weighted by atomic mass is 35.5. The molecular formula is C24H27ClN8O. The maximum absolute atomic E-state index is 13.7. The molecule has 4 aromatic heterocycles. The number of pyridine rings is 1. The molecule has 0 aromatic carbocycles. The Hall–Kier alpha value is -3.17. The van der Waals surface area contributed by atoms with Crippen LogP contribution >= 0.6 is 11.6 Å². The summed E-state index contributed by atoms with van der Waals surface area (Å²) in [6.45, 7) is 4.43. The molecule has 4 aromatic rings. The number of amides is 1. The molecule has 9 nitrogen and oxygen atoms in total. The van der Waals surface area contributed by atoms with Crippen LogP contribution in [0.1, 0.15) is 53.5 Å². The number of aromatic nitrogens is 5. The summed E-state index contributed by atoms with van der Waals surface area (Å²) in [5.74, 6) is 0.835. The molecule has 2 unspecified atom stereocenters. The lowest BCUT2D eigenvalue weighted by Gasteiger charge is -2.34. The molecule has 0 radical (unpaired) electrons. The second kappa shape index (κ2) is 8.25. The van der Waals surface area contributed by atoms with E-state index in [1.54, 1.807) is 4.40 Å². The average molecular weight is 479 g/mol. The molecule has 2 saturated heterocycles. The number of carbonyl (C=O) groups excluding carboxylic acids is 1. The van der Waals surface area contributed by atoms with Gasteiger partial charge >= 0.3 is 0 Å². The van der Waals surface area contributed by atoms with Crippen LogP contribution in [-0.4, -0.2) is 60.5 Å². The third kappa shape index (κ3) is 3.50. The van der Waals surface area contributed by atoms with Crippen molar-refractivity contribution in [2.45, 2.75) is 44.7 Å². The Morgan fingerprint density at radius 3 is 2.85 bits per heavy atom. The van der Waals surface area contributed by atoms with E-state index in [4.69, 9.17) is 27.4 Å². The normalized spacial score (nSPS) is 21.1. The Bertz CT molecular complexity index is 1390. The van der Waals surface area contributed by atoms with Crippen LogP contribution in [-0.2, 0) is 0 Å². The first kappa shape index (κ1) is 21.4. The molecule has 34 heavy (non-hydrogen) atoms. The van der Waals surface area contributed by atoms with Gasteiger partial charge in [-0.1, -0.05) is 17.7 Å². The fourth-order valence-corrected chi connectivity index (χ4v) is 5.52. The molecular weight excluding hydrogens is 452 g/mol. The number of nitrogens with two attached hydrogens (primary N) is 1. The molecule has 2 N–H and O–H groups in total. The van der Waals surface area contributed by atoms with Crippen molar-refractivity contribution in [2.75, 3.05) is 24.5 Å².